The summed E-state index contributed by atoms with van der Waals surface area (Å²) in [5.74, 6) is 1.43. The van der Waals surface area contributed by atoms with Crippen molar-refractivity contribution in [2.75, 3.05) is 13.1 Å². The van der Waals surface area contributed by atoms with Crippen molar-refractivity contribution in [1.82, 2.24) is 5.32 Å². The number of hydrogen-bond donors (Lipinski definition) is 2. The van der Waals surface area contributed by atoms with Crippen molar-refractivity contribution < 1.29 is 0 Å². The Morgan fingerprint density at radius 2 is 1.89 bits per heavy atom. The quantitative estimate of drug-likeness (QED) is 0.813. The van der Waals surface area contributed by atoms with E-state index in [-0.39, 0.29) is 12.4 Å². The Balaban J connectivity index is 0.00000120. The third-order valence-electron chi connectivity index (χ3n) is 3.96. The number of nitrogens with two attached hydrogens (primary N) is 1. The number of benzene rings is 1. The van der Waals surface area contributed by atoms with Crippen molar-refractivity contribution in [2.24, 2.45) is 16.6 Å². The van der Waals surface area contributed by atoms with Gasteiger partial charge in [0.2, 0.25) is 0 Å². The highest BCUT2D eigenvalue weighted by molar-refractivity contribution is 5.99. The van der Waals surface area contributed by atoms with E-state index in [2.05, 4.69) is 23.5 Å². The second kappa shape index (κ2) is 5.72. The van der Waals surface area contributed by atoms with E-state index in [0.29, 0.717) is 12.0 Å². The second-order valence-electron chi connectivity index (χ2n) is 5.03. The molecule has 1 saturated heterocycles. The number of fused-ring (bicyclic) bond motifs is 1. The summed E-state index contributed by atoms with van der Waals surface area (Å²) in [6, 6.07) is 8.79. The van der Waals surface area contributed by atoms with E-state index in [1.165, 1.54) is 18.4 Å². The van der Waals surface area contributed by atoms with Crippen LogP contribution in [-0.4, -0.2) is 25.0 Å². The molecule has 1 atom stereocenters. The molecule has 3 rings (SSSR count). The van der Waals surface area contributed by atoms with Crippen molar-refractivity contribution >= 4 is 18.2 Å². The summed E-state index contributed by atoms with van der Waals surface area (Å²) in [6.07, 6.45) is 3.51. The average molecular weight is 266 g/mol. The highest BCUT2D eigenvalue weighted by atomic mass is 35.5. The Morgan fingerprint density at radius 1 is 1.17 bits per heavy atom. The molecule has 0 radical (unpaired) electrons. The zero-order valence-corrected chi connectivity index (χ0v) is 11.2. The average Bonchev–Trinajstić information content (AvgIpc) is 2.40. The number of nitrogens with one attached hydrogen (secondary N) is 1. The maximum Gasteiger partial charge on any atom is 0.126 e. The first kappa shape index (κ1) is 13.4. The standard InChI is InChI=1S/C14H19N3.ClH/c15-14-12-4-2-1-3-11(12)9-13(17-14)10-5-7-16-8-6-10;/h1-4,10,13,16H,5-9H2,(H2,15,17);1H. The summed E-state index contributed by atoms with van der Waals surface area (Å²) in [6.45, 7) is 2.25. The molecule has 0 saturated carbocycles. The van der Waals surface area contributed by atoms with E-state index in [4.69, 9.17) is 10.7 Å². The first-order chi connectivity index (χ1) is 8.34. The Hall–Kier alpha value is -1.06. The van der Waals surface area contributed by atoms with Gasteiger partial charge in [0.05, 0.1) is 6.04 Å². The molecule has 0 bridgehead atoms. The maximum absolute atomic E-state index is 6.08. The van der Waals surface area contributed by atoms with Gasteiger partial charge in [-0.2, -0.15) is 0 Å². The van der Waals surface area contributed by atoms with Gasteiger partial charge in [0.1, 0.15) is 5.84 Å². The lowest BCUT2D eigenvalue weighted by atomic mass is 9.84. The minimum Gasteiger partial charge on any atom is -0.383 e. The van der Waals surface area contributed by atoms with E-state index >= 15 is 0 Å². The van der Waals surface area contributed by atoms with Crippen molar-refractivity contribution in [3.05, 3.63) is 35.4 Å². The van der Waals surface area contributed by atoms with E-state index in [1.807, 2.05) is 6.07 Å². The number of piperidine rings is 1. The van der Waals surface area contributed by atoms with Crippen LogP contribution in [-0.2, 0) is 6.42 Å². The molecule has 3 nitrogen and oxygen atoms in total. The van der Waals surface area contributed by atoms with E-state index in [0.717, 1.165) is 30.9 Å². The molecule has 2 aliphatic heterocycles. The predicted molar refractivity (Wildman–Crippen MR) is 77.5 cm³/mol. The number of rotatable bonds is 1. The van der Waals surface area contributed by atoms with Gasteiger partial charge in [-0.1, -0.05) is 24.3 Å². The fourth-order valence-electron chi connectivity index (χ4n) is 2.97. The van der Waals surface area contributed by atoms with Crippen molar-refractivity contribution in [1.29, 1.82) is 0 Å². The summed E-state index contributed by atoms with van der Waals surface area (Å²) < 4.78 is 0. The number of nitrogens with zero attached hydrogens (tertiary/aromatic N) is 1. The fraction of sp³-hybridized carbons (Fsp3) is 0.500. The Labute approximate surface area is 114 Å². The molecule has 1 aromatic carbocycles. The third-order valence-corrected chi connectivity index (χ3v) is 3.96. The van der Waals surface area contributed by atoms with Gasteiger partial charge in [-0.15, -0.1) is 12.4 Å². The molecule has 1 unspecified atom stereocenters. The van der Waals surface area contributed by atoms with Gasteiger partial charge in [-0.25, -0.2) is 0 Å². The zero-order valence-electron chi connectivity index (χ0n) is 10.4. The first-order valence-corrected chi connectivity index (χ1v) is 6.47. The molecular weight excluding hydrogens is 246 g/mol. The summed E-state index contributed by atoms with van der Waals surface area (Å²) in [4.78, 5) is 4.71. The van der Waals surface area contributed by atoms with Gasteiger partial charge in [0.25, 0.3) is 0 Å². The van der Waals surface area contributed by atoms with Crippen LogP contribution in [0, 0.1) is 5.92 Å². The maximum atomic E-state index is 6.08. The molecule has 0 amide bonds. The van der Waals surface area contributed by atoms with Crippen LogP contribution < -0.4 is 11.1 Å². The largest absolute Gasteiger partial charge is 0.383 e. The molecule has 98 valence electrons. The van der Waals surface area contributed by atoms with Crippen LogP contribution >= 0.6 is 12.4 Å². The molecule has 2 heterocycles. The zero-order chi connectivity index (χ0) is 11.7. The third kappa shape index (κ3) is 2.52. The van der Waals surface area contributed by atoms with Crippen molar-refractivity contribution in [3.63, 3.8) is 0 Å². The Morgan fingerprint density at radius 3 is 2.67 bits per heavy atom. The number of halogens is 1. The van der Waals surface area contributed by atoms with Gasteiger partial charge in [0.15, 0.2) is 0 Å². The molecule has 0 spiro atoms. The SMILES string of the molecule is Cl.NC1=NC(C2CCNCC2)Cc2ccccc21. The number of amidine groups is 1. The minimum absolute atomic E-state index is 0. The first-order valence-electron chi connectivity index (χ1n) is 6.47. The van der Waals surface area contributed by atoms with Gasteiger partial charge in [-0.3, -0.25) is 4.99 Å². The monoisotopic (exact) mass is 265 g/mol. The molecule has 2 aliphatic rings. The van der Waals surface area contributed by atoms with Crippen LogP contribution in [0.1, 0.15) is 24.0 Å². The van der Waals surface area contributed by atoms with Gasteiger partial charge < -0.3 is 11.1 Å². The Kier molecular flexibility index (Phi) is 4.25. The van der Waals surface area contributed by atoms with Crippen LogP contribution in [0.4, 0.5) is 0 Å². The van der Waals surface area contributed by atoms with Gasteiger partial charge >= 0.3 is 0 Å². The van der Waals surface area contributed by atoms with Gasteiger partial charge in [-0.05, 0) is 43.8 Å². The second-order valence-corrected chi connectivity index (χ2v) is 5.03. The predicted octanol–water partition coefficient (Wildman–Crippen LogP) is 1.74. The molecular formula is C14H20ClN3. The highest BCUT2D eigenvalue weighted by Crippen LogP contribution is 2.27. The summed E-state index contributed by atoms with van der Waals surface area (Å²) >= 11 is 0. The molecule has 1 fully saturated rings. The minimum atomic E-state index is 0. The van der Waals surface area contributed by atoms with Crippen LogP contribution in [0.25, 0.3) is 0 Å². The van der Waals surface area contributed by atoms with Crippen LogP contribution in [0.15, 0.2) is 29.3 Å². The Bertz CT molecular complexity index is 438. The molecule has 1 aromatic rings. The molecule has 0 aromatic heterocycles. The van der Waals surface area contributed by atoms with Gasteiger partial charge in [0, 0.05) is 5.56 Å². The number of aliphatic imine (C=N–C) groups is 1. The van der Waals surface area contributed by atoms with Crippen molar-refractivity contribution in [3.8, 4) is 0 Å². The van der Waals surface area contributed by atoms with E-state index in [9.17, 15) is 0 Å². The lowest BCUT2D eigenvalue weighted by Gasteiger charge is -2.31. The van der Waals surface area contributed by atoms with Crippen LogP contribution in [0.2, 0.25) is 0 Å². The normalized spacial score (nSPS) is 23.8. The van der Waals surface area contributed by atoms with Crippen LogP contribution in [0.3, 0.4) is 0 Å². The van der Waals surface area contributed by atoms with E-state index in [1.54, 1.807) is 0 Å². The molecule has 18 heavy (non-hydrogen) atoms. The van der Waals surface area contributed by atoms with Crippen molar-refractivity contribution in [2.45, 2.75) is 25.3 Å². The topological polar surface area (TPSA) is 50.4 Å². The van der Waals surface area contributed by atoms with Crippen LogP contribution in [0.5, 0.6) is 0 Å². The lowest BCUT2D eigenvalue weighted by Crippen LogP contribution is -2.37. The molecule has 0 aliphatic carbocycles. The fourth-order valence-corrected chi connectivity index (χ4v) is 2.97. The summed E-state index contributed by atoms with van der Waals surface area (Å²) in [7, 11) is 0. The highest BCUT2D eigenvalue weighted by Gasteiger charge is 2.27. The number of hydrogen-bond acceptors (Lipinski definition) is 3. The summed E-state index contributed by atoms with van der Waals surface area (Å²) in [5.41, 5.74) is 8.58. The lowest BCUT2D eigenvalue weighted by molar-refractivity contribution is 0.316. The summed E-state index contributed by atoms with van der Waals surface area (Å²) in [5, 5.41) is 3.40. The molecule has 3 N–H and O–H groups in total. The van der Waals surface area contributed by atoms with E-state index < -0.39 is 0 Å². The smallest absolute Gasteiger partial charge is 0.126 e. The molecule has 4 heteroatoms.